The van der Waals surface area contributed by atoms with Crippen LogP contribution in [0.4, 0.5) is 4.39 Å². The Balaban J connectivity index is 1.71. The second-order valence-electron chi connectivity index (χ2n) is 6.34. The van der Waals surface area contributed by atoms with Crippen LogP contribution < -0.4 is 16.0 Å². The number of piperidine rings is 1. The number of benzene rings is 1. The zero-order valence-corrected chi connectivity index (χ0v) is 14.6. The Hall–Kier alpha value is -1.99. The van der Waals surface area contributed by atoms with Crippen LogP contribution in [0.25, 0.3) is 0 Å². The molecule has 1 fully saturated rings. The maximum Gasteiger partial charge on any atom is 0.251 e. The van der Waals surface area contributed by atoms with Gasteiger partial charge < -0.3 is 20.7 Å². The van der Waals surface area contributed by atoms with Crippen molar-refractivity contribution in [3.63, 3.8) is 0 Å². The molecule has 0 spiro atoms. The zero-order valence-electron chi connectivity index (χ0n) is 14.6. The average Bonchev–Trinajstić information content (AvgIpc) is 2.62. The first-order valence-electron chi connectivity index (χ1n) is 8.59. The fraction of sp³-hybridized carbons (Fsp3) is 0.556. The van der Waals surface area contributed by atoms with Gasteiger partial charge in [-0.05, 0) is 50.6 Å². The Morgan fingerprint density at radius 3 is 2.64 bits per heavy atom. The first-order chi connectivity index (χ1) is 12.1. The quantitative estimate of drug-likeness (QED) is 0.613. The van der Waals surface area contributed by atoms with E-state index in [0.29, 0.717) is 26.1 Å². The van der Waals surface area contributed by atoms with Crippen LogP contribution in [-0.2, 0) is 9.53 Å². The number of halogens is 1. The summed E-state index contributed by atoms with van der Waals surface area (Å²) in [6, 6.07) is 5.55. The van der Waals surface area contributed by atoms with Crippen molar-refractivity contribution in [2.75, 3.05) is 39.9 Å². The second kappa shape index (κ2) is 9.48. The summed E-state index contributed by atoms with van der Waals surface area (Å²) in [5, 5.41) is 8.92. The molecule has 0 aliphatic carbocycles. The number of ether oxygens (including phenoxy) is 1. The second-order valence-corrected chi connectivity index (χ2v) is 6.34. The Kier molecular flexibility index (Phi) is 7.33. The number of hydrogen-bond acceptors (Lipinski definition) is 4. The molecule has 1 heterocycles. The van der Waals surface area contributed by atoms with Crippen LogP contribution in [-0.4, -0.2) is 51.7 Å². The molecule has 0 radical (unpaired) electrons. The van der Waals surface area contributed by atoms with Gasteiger partial charge in [0.1, 0.15) is 5.82 Å². The third kappa shape index (κ3) is 5.51. The van der Waals surface area contributed by atoms with Crippen molar-refractivity contribution < 1.29 is 18.7 Å². The molecule has 1 aliphatic rings. The van der Waals surface area contributed by atoms with E-state index in [0.717, 1.165) is 25.9 Å². The smallest absolute Gasteiger partial charge is 0.251 e. The molecular weight excluding hydrogens is 325 g/mol. The fourth-order valence-electron chi connectivity index (χ4n) is 3.03. The molecule has 1 aliphatic heterocycles. The van der Waals surface area contributed by atoms with Gasteiger partial charge in [-0.3, -0.25) is 9.59 Å². The van der Waals surface area contributed by atoms with E-state index in [9.17, 15) is 14.0 Å². The molecule has 0 bridgehead atoms. The molecule has 1 aromatic rings. The van der Waals surface area contributed by atoms with Crippen LogP contribution in [0, 0.1) is 11.2 Å². The molecule has 25 heavy (non-hydrogen) atoms. The summed E-state index contributed by atoms with van der Waals surface area (Å²) in [6.45, 7) is 2.91. The number of hydrogen-bond donors (Lipinski definition) is 3. The summed E-state index contributed by atoms with van der Waals surface area (Å²) in [4.78, 5) is 24.4. The van der Waals surface area contributed by atoms with E-state index in [2.05, 4.69) is 16.0 Å². The molecule has 2 amide bonds. The van der Waals surface area contributed by atoms with Crippen molar-refractivity contribution in [1.82, 2.24) is 16.0 Å². The average molecular weight is 351 g/mol. The van der Waals surface area contributed by atoms with E-state index >= 15 is 0 Å². The maximum atomic E-state index is 13.1. The molecule has 3 N–H and O–H groups in total. The Morgan fingerprint density at radius 2 is 1.96 bits per heavy atom. The minimum Gasteiger partial charge on any atom is -0.384 e. The minimum atomic E-state index is -0.467. The number of carbonyl (C=O) groups excluding carboxylic acids is 2. The summed E-state index contributed by atoms with van der Waals surface area (Å²) in [6.07, 6.45) is 2.11. The van der Waals surface area contributed by atoms with Gasteiger partial charge in [-0.15, -0.1) is 0 Å². The molecule has 2 rings (SSSR count). The van der Waals surface area contributed by atoms with Crippen LogP contribution in [0.15, 0.2) is 24.3 Å². The van der Waals surface area contributed by atoms with E-state index < -0.39 is 11.2 Å². The van der Waals surface area contributed by atoms with E-state index in [4.69, 9.17) is 4.74 Å². The molecule has 138 valence electrons. The number of carbonyl (C=O) groups is 2. The van der Waals surface area contributed by atoms with E-state index in [1.54, 1.807) is 13.2 Å². The predicted octanol–water partition coefficient (Wildman–Crippen LogP) is 1.08. The highest BCUT2D eigenvalue weighted by molar-refractivity contribution is 5.94. The lowest BCUT2D eigenvalue weighted by molar-refractivity contribution is -0.136. The predicted molar refractivity (Wildman–Crippen MR) is 92.8 cm³/mol. The summed E-state index contributed by atoms with van der Waals surface area (Å²) >= 11 is 0. The SMILES string of the molecule is COCC1(C(=O)NCCCNC(=O)c2cccc(F)c2)CCNCC1. The first-order valence-corrected chi connectivity index (χ1v) is 8.59. The first kappa shape index (κ1) is 19.3. The summed E-state index contributed by atoms with van der Waals surface area (Å²) < 4.78 is 18.3. The van der Waals surface area contributed by atoms with Gasteiger partial charge in [0.15, 0.2) is 0 Å². The van der Waals surface area contributed by atoms with Crippen molar-refractivity contribution in [2.24, 2.45) is 5.41 Å². The van der Waals surface area contributed by atoms with Crippen LogP contribution >= 0.6 is 0 Å². The molecule has 6 nitrogen and oxygen atoms in total. The lowest BCUT2D eigenvalue weighted by Gasteiger charge is -2.35. The van der Waals surface area contributed by atoms with Crippen molar-refractivity contribution in [2.45, 2.75) is 19.3 Å². The topological polar surface area (TPSA) is 79.5 Å². The van der Waals surface area contributed by atoms with E-state index in [-0.39, 0.29) is 17.4 Å². The highest BCUT2D eigenvalue weighted by Gasteiger charge is 2.39. The molecule has 7 heteroatoms. The molecule has 0 atom stereocenters. The molecule has 1 saturated heterocycles. The number of nitrogens with one attached hydrogen (secondary N) is 3. The van der Waals surface area contributed by atoms with Gasteiger partial charge >= 0.3 is 0 Å². The number of rotatable bonds is 8. The number of methoxy groups -OCH3 is 1. The van der Waals surface area contributed by atoms with Crippen molar-refractivity contribution in [3.8, 4) is 0 Å². The third-order valence-corrected chi connectivity index (χ3v) is 4.47. The Bertz CT molecular complexity index is 583. The molecule has 0 aromatic heterocycles. The highest BCUT2D eigenvalue weighted by Crippen LogP contribution is 2.29. The molecular formula is C18H26FN3O3. The van der Waals surface area contributed by atoms with Gasteiger partial charge in [0.05, 0.1) is 12.0 Å². The minimum absolute atomic E-state index is 0.00677. The molecule has 0 saturated carbocycles. The summed E-state index contributed by atoms with van der Waals surface area (Å²) in [5.74, 6) is -0.752. The molecule has 0 unspecified atom stereocenters. The van der Waals surface area contributed by atoms with E-state index in [1.165, 1.54) is 18.2 Å². The zero-order chi connectivity index (χ0) is 18.1. The van der Waals surface area contributed by atoms with Crippen molar-refractivity contribution >= 4 is 11.8 Å². The lowest BCUT2D eigenvalue weighted by Crippen LogP contribution is -2.50. The van der Waals surface area contributed by atoms with Crippen molar-refractivity contribution in [1.29, 1.82) is 0 Å². The van der Waals surface area contributed by atoms with Crippen LogP contribution in [0.3, 0.4) is 0 Å². The lowest BCUT2D eigenvalue weighted by atomic mass is 9.78. The third-order valence-electron chi connectivity index (χ3n) is 4.47. The highest BCUT2D eigenvalue weighted by atomic mass is 19.1. The normalized spacial score (nSPS) is 16.2. The Labute approximate surface area is 147 Å². The van der Waals surface area contributed by atoms with Crippen LogP contribution in [0.2, 0.25) is 0 Å². The molecule has 1 aromatic carbocycles. The van der Waals surface area contributed by atoms with Gasteiger partial charge in [0, 0.05) is 25.8 Å². The van der Waals surface area contributed by atoms with Gasteiger partial charge in [-0.1, -0.05) is 6.07 Å². The van der Waals surface area contributed by atoms with Gasteiger partial charge in [-0.2, -0.15) is 0 Å². The van der Waals surface area contributed by atoms with Crippen LogP contribution in [0.1, 0.15) is 29.6 Å². The van der Waals surface area contributed by atoms with Gasteiger partial charge in [-0.25, -0.2) is 4.39 Å². The summed E-state index contributed by atoms with van der Waals surface area (Å²) in [5.41, 5.74) is -0.178. The Morgan fingerprint density at radius 1 is 1.24 bits per heavy atom. The maximum absolute atomic E-state index is 13.1. The summed E-state index contributed by atoms with van der Waals surface area (Å²) in [7, 11) is 1.61. The van der Waals surface area contributed by atoms with Gasteiger partial charge in [0.2, 0.25) is 5.91 Å². The monoisotopic (exact) mass is 351 g/mol. The largest absolute Gasteiger partial charge is 0.384 e. The van der Waals surface area contributed by atoms with Crippen LogP contribution in [0.5, 0.6) is 0 Å². The standard InChI is InChI=1S/C18H26FN3O3/c1-25-13-18(6-10-20-11-7-18)17(24)22-9-3-8-21-16(23)14-4-2-5-15(19)12-14/h2,4-5,12,20H,3,6-11,13H2,1H3,(H,21,23)(H,22,24). The fourth-order valence-corrected chi connectivity index (χ4v) is 3.03. The van der Waals surface area contributed by atoms with E-state index in [1.807, 2.05) is 0 Å². The van der Waals surface area contributed by atoms with Gasteiger partial charge in [0.25, 0.3) is 5.91 Å². The van der Waals surface area contributed by atoms with Crippen molar-refractivity contribution in [3.05, 3.63) is 35.6 Å². The number of amides is 2.